The van der Waals surface area contributed by atoms with Crippen molar-refractivity contribution in [2.24, 2.45) is 10.9 Å². The Labute approximate surface area is 505 Å². The van der Waals surface area contributed by atoms with E-state index in [0.717, 1.165) is 23.6 Å². The summed E-state index contributed by atoms with van der Waals surface area (Å²) in [6, 6.07) is 9.88. The molecule has 0 saturated heterocycles. The Bertz CT molecular complexity index is 1680. The Morgan fingerprint density at radius 3 is 1.26 bits per heavy atom. The quantitative estimate of drug-likeness (QED) is 0.155. The molecule has 0 aliphatic carbocycles. The molecule has 7 aromatic heterocycles. The number of aromatic amines is 1. The van der Waals surface area contributed by atoms with Gasteiger partial charge in [-0.15, -0.1) is 0 Å². The van der Waals surface area contributed by atoms with Crippen LogP contribution >= 0.6 is 34.6 Å². The molecule has 0 amide bonds. The normalized spacial score (nSPS) is 9.62. The van der Waals surface area contributed by atoms with Crippen LogP contribution in [0.3, 0.4) is 0 Å². The van der Waals surface area contributed by atoms with Crippen molar-refractivity contribution < 1.29 is 13.6 Å². The Hall–Kier alpha value is -4.86. The van der Waals surface area contributed by atoms with E-state index in [4.69, 9.17) is 4.52 Å². The first-order valence-corrected chi connectivity index (χ1v) is 32.5. The predicted molar refractivity (Wildman–Crippen MR) is 360 cm³/mol. The molecular weight excluding hydrogens is 1050 g/mol. The number of rotatable bonds is 8. The van der Waals surface area contributed by atoms with Crippen LogP contribution < -0.4 is 0 Å². The van der Waals surface area contributed by atoms with E-state index in [1.165, 1.54) is 50.5 Å². The van der Waals surface area contributed by atoms with E-state index >= 15 is 0 Å². The van der Waals surface area contributed by atoms with Crippen LogP contribution in [0, 0.1) is 5.92 Å². The molecule has 0 saturated carbocycles. The van der Waals surface area contributed by atoms with Crippen molar-refractivity contribution in [3.63, 3.8) is 0 Å². The van der Waals surface area contributed by atoms with Gasteiger partial charge in [-0.05, 0) is 105 Å². The van der Waals surface area contributed by atoms with Crippen LogP contribution in [-0.4, -0.2) is 51.5 Å². The zero-order chi connectivity index (χ0) is 63.9. The van der Waals surface area contributed by atoms with Gasteiger partial charge in [0.2, 0.25) is 0 Å². The average molecular weight is 1170 g/mol. The maximum absolute atomic E-state index is 4.84. The fraction of sp³-hybridized carbons (Fsp3) is 0.631. The van der Waals surface area contributed by atoms with Crippen molar-refractivity contribution in [3.05, 3.63) is 135 Å². The van der Waals surface area contributed by atoms with Gasteiger partial charge < -0.3 is 13.6 Å². The fourth-order valence-electron chi connectivity index (χ4n) is 4.42. The number of nitrogens with zero attached hydrogens (tertiary/aromatic N) is 8. The molecule has 0 atom stereocenters. The summed E-state index contributed by atoms with van der Waals surface area (Å²) in [7, 11) is 0. The highest BCUT2D eigenvalue weighted by Gasteiger charge is 2.03. The highest BCUT2D eigenvalue weighted by atomic mass is 32.1. The van der Waals surface area contributed by atoms with Crippen molar-refractivity contribution in [1.29, 1.82) is 0 Å². The minimum atomic E-state index is 0.456. The van der Waals surface area contributed by atoms with E-state index in [2.05, 4.69) is 187 Å². The van der Waals surface area contributed by atoms with Gasteiger partial charge in [-0.2, -0.15) is 9.47 Å². The van der Waals surface area contributed by atoms with E-state index in [-0.39, 0.29) is 0 Å². The molecular formula is C65H123N9O3S3. The summed E-state index contributed by atoms with van der Waals surface area (Å²) in [6.45, 7) is 67.0. The van der Waals surface area contributed by atoms with Gasteiger partial charge >= 0.3 is 0 Å². The van der Waals surface area contributed by atoms with Gasteiger partial charge in [0, 0.05) is 69.8 Å². The summed E-state index contributed by atoms with van der Waals surface area (Å²) < 4.78 is 26.2. The van der Waals surface area contributed by atoms with Gasteiger partial charge in [-0.3, -0.25) is 10.1 Å². The average Bonchev–Trinajstić information content (AvgIpc) is 4.34. The lowest BCUT2D eigenvalue weighted by atomic mass is 10.1. The van der Waals surface area contributed by atoms with Crippen LogP contribution in [0.15, 0.2) is 115 Å². The first-order valence-electron chi connectivity index (χ1n) is 30.0. The Morgan fingerprint density at radius 1 is 0.487 bits per heavy atom. The number of H-pyrrole nitrogens is 1. The van der Waals surface area contributed by atoms with E-state index in [1.54, 1.807) is 42.6 Å². The van der Waals surface area contributed by atoms with Crippen LogP contribution in [0.4, 0.5) is 0 Å². The van der Waals surface area contributed by atoms with Gasteiger partial charge in [0.15, 0.2) is 0 Å². The van der Waals surface area contributed by atoms with Crippen LogP contribution in [0.2, 0.25) is 0 Å². The van der Waals surface area contributed by atoms with Gasteiger partial charge in [-0.1, -0.05) is 243 Å². The molecule has 0 fully saturated rings. The zero-order valence-corrected chi connectivity index (χ0v) is 59.5. The second-order valence-corrected chi connectivity index (χ2v) is 19.2. The molecule has 8 rings (SSSR count). The maximum Gasteiger partial charge on any atom is 0.139 e. The first kappa shape index (κ1) is 91.6. The molecule has 80 heavy (non-hydrogen) atoms. The third-order valence-electron chi connectivity index (χ3n) is 8.87. The Morgan fingerprint density at radius 2 is 1.06 bits per heavy atom. The Kier molecular flexibility index (Phi) is 80.5. The SMILES string of the molecule is CC.CC.CC.CC.CC.CC.CC.CC.CC(C)C1=CCN=C1.CC(C)c1ccn[nH]1.CC(C)c1ccno1.CC(C)c1ccns1.CC(C)c1ccon1.CC(C)c1ccsn1.CC(C)c1cnoc1.CC(C)c1cnsc1. The molecule has 1 aliphatic rings. The highest BCUT2D eigenvalue weighted by Crippen LogP contribution is 2.17. The van der Waals surface area contributed by atoms with Gasteiger partial charge in [0.25, 0.3) is 0 Å². The van der Waals surface area contributed by atoms with Gasteiger partial charge in [0.05, 0.1) is 30.3 Å². The topological polar surface area (TPSA) is 158 Å². The van der Waals surface area contributed by atoms with E-state index in [9.17, 15) is 0 Å². The van der Waals surface area contributed by atoms with Gasteiger partial charge in [-0.25, -0.2) is 8.75 Å². The molecule has 15 heteroatoms. The second kappa shape index (κ2) is 70.2. The summed E-state index contributed by atoms with van der Waals surface area (Å²) >= 11 is 4.62. The summed E-state index contributed by atoms with van der Waals surface area (Å²) in [5, 5.41) is 21.7. The molecule has 0 unspecified atom stereocenters. The molecule has 0 radical (unpaired) electrons. The van der Waals surface area contributed by atoms with Crippen molar-refractivity contribution in [2.45, 2.75) is 263 Å². The molecule has 0 spiro atoms. The molecule has 7 aromatic rings. The van der Waals surface area contributed by atoms with Crippen molar-refractivity contribution in [3.8, 4) is 0 Å². The molecule has 0 bridgehead atoms. The number of aliphatic imine (C=N–C) groups is 1. The van der Waals surface area contributed by atoms with Crippen LogP contribution in [-0.2, 0) is 0 Å². The number of aromatic nitrogens is 8. The zero-order valence-electron chi connectivity index (χ0n) is 57.1. The summed E-state index contributed by atoms with van der Waals surface area (Å²) in [6.07, 6.45) is 16.3. The molecule has 464 valence electrons. The second-order valence-electron chi connectivity index (χ2n) is 17.0. The largest absolute Gasteiger partial charge is 0.365 e. The lowest BCUT2D eigenvalue weighted by Gasteiger charge is -1.98. The van der Waals surface area contributed by atoms with E-state index < -0.39 is 0 Å². The van der Waals surface area contributed by atoms with Crippen molar-refractivity contribution >= 4 is 40.8 Å². The monoisotopic (exact) mass is 1170 g/mol. The molecule has 8 heterocycles. The number of hydrogen-bond acceptors (Lipinski definition) is 14. The van der Waals surface area contributed by atoms with Crippen molar-refractivity contribution in [1.82, 2.24) is 38.8 Å². The first-order chi connectivity index (χ1) is 38.4. The summed E-state index contributed by atoms with van der Waals surface area (Å²) in [4.78, 5) is 5.43. The van der Waals surface area contributed by atoms with Crippen LogP contribution in [0.25, 0.3) is 0 Å². The highest BCUT2D eigenvalue weighted by molar-refractivity contribution is 7.05. The fourth-order valence-corrected chi connectivity index (χ4v) is 6.35. The Balaban J connectivity index is -0.000000119. The van der Waals surface area contributed by atoms with Crippen LogP contribution in [0.1, 0.15) is 302 Å². The van der Waals surface area contributed by atoms with Gasteiger partial charge in [0.1, 0.15) is 18.3 Å². The maximum atomic E-state index is 4.84. The number of hydrogen-bond donors (Lipinski definition) is 1. The summed E-state index contributed by atoms with van der Waals surface area (Å²) in [5.74, 6) is 5.49. The van der Waals surface area contributed by atoms with E-state index in [0.29, 0.717) is 47.3 Å². The smallest absolute Gasteiger partial charge is 0.139 e. The summed E-state index contributed by atoms with van der Waals surface area (Å²) in [5.41, 5.74) is 7.30. The lowest BCUT2D eigenvalue weighted by Crippen LogP contribution is -1.90. The molecule has 1 N–H and O–H groups in total. The standard InChI is InChI=1S/C7H11N.C6H10N2.3C6H9NO.3C6H9NS.8C2H6/c1-6(2)7-3-4-8-5-7;1-5(2)6-3-4-7-8-6;1-5(2)6-3-7-8-4-6;1-5(2)6-3-4-8-7-6;1-5(2)6-3-4-7-8-6;1-5(2)6-3-7-8-4-6;1-5(2)6-3-4-8-7-6;1-5(2)6-3-4-7-8-6;8*1-2/h3,5-6H,4H2,1-2H3;3-5H,1-2H3,(H,7,8);6*3-5H,1-2H3;8*1-2H3. The molecule has 0 aromatic carbocycles. The predicted octanol–water partition coefficient (Wildman–Crippen LogP) is 23.6. The molecule has 1 aliphatic heterocycles. The van der Waals surface area contributed by atoms with E-state index in [1.807, 2.05) is 153 Å². The minimum absolute atomic E-state index is 0.456. The van der Waals surface area contributed by atoms with Crippen molar-refractivity contribution in [2.75, 3.05) is 6.54 Å². The third kappa shape index (κ3) is 55.1. The number of nitrogens with one attached hydrogen (secondary N) is 1. The van der Waals surface area contributed by atoms with Crippen LogP contribution in [0.5, 0.6) is 0 Å². The molecule has 12 nitrogen and oxygen atoms in total. The minimum Gasteiger partial charge on any atom is -0.365 e. The lowest BCUT2D eigenvalue weighted by molar-refractivity contribution is 0.371. The number of allylic oxidation sites excluding steroid dienone is 1. The third-order valence-corrected chi connectivity index (χ3v) is 11.1.